The molecule has 0 aliphatic heterocycles. The molecule has 2 rings (SSSR count). The van der Waals surface area contributed by atoms with E-state index in [1.165, 1.54) is 5.56 Å². The molecule has 0 aliphatic rings. The van der Waals surface area contributed by atoms with E-state index in [-0.39, 0.29) is 6.42 Å². The molecule has 0 bridgehead atoms. The highest BCUT2D eigenvalue weighted by Gasteiger charge is 2.12. The number of carboxylic acids is 1. The van der Waals surface area contributed by atoms with E-state index in [9.17, 15) is 4.79 Å². The summed E-state index contributed by atoms with van der Waals surface area (Å²) in [4.78, 5) is 16.1. The van der Waals surface area contributed by atoms with Crippen molar-refractivity contribution in [2.45, 2.75) is 26.7 Å². The predicted octanol–water partition coefficient (Wildman–Crippen LogP) is 3.31. The van der Waals surface area contributed by atoms with Crippen LogP contribution >= 0.6 is 11.3 Å². The van der Waals surface area contributed by atoms with Gasteiger partial charge in [0.2, 0.25) is 0 Å². The van der Waals surface area contributed by atoms with Crippen LogP contribution in [-0.2, 0) is 17.6 Å². The van der Waals surface area contributed by atoms with Crippen LogP contribution in [0.4, 0.5) is 0 Å². The number of thiazole rings is 1. The minimum Gasteiger partial charge on any atom is -0.481 e. The summed E-state index contributed by atoms with van der Waals surface area (Å²) in [6.07, 6.45) is 1.01. The molecule has 0 spiro atoms. The number of hydrogen-bond donors (Lipinski definition) is 1. The molecular weight excluding hydrogens is 246 g/mol. The first kappa shape index (κ1) is 12.8. The Morgan fingerprint density at radius 2 is 2.00 bits per heavy atom. The van der Waals surface area contributed by atoms with Crippen molar-refractivity contribution in [1.29, 1.82) is 0 Å². The Balaban J connectivity index is 2.30. The first-order valence-electron chi connectivity index (χ1n) is 5.87. The van der Waals surface area contributed by atoms with Gasteiger partial charge in [-0.25, -0.2) is 4.98 Å². The number of carbonyl (C=O) groups is 1. The predicted molar refractivity (Wildman–Crippen MR) is 73.0 cm³/mol. The lowest BCUT2D eigenvalue weighted by Gasteiger charge is -1.98. The van der Waals surface area contributed by atoms with Gasteiger partial charge in [-0.3, -0.25) is 4.79 Å². The molecule has 1 aromatic carbocycles. The van der Waals surface area contributed by atoms with Crippen molar-refractivity contribution >= 4 is 17.3 Å². The molecule has 0 amide bonds. The van der Waals surface area contributed by atoms with Gasteiger partial charge in [-0.05, 0) is 18.9 Å². The molecule has 0 unspecified atom stereocenters. The van der Waals surface area contributed by atoms with Gasteiger partial charge in [-0.15, -0.1) is 11.3 Å². The van der Waals surface area contributed by atoms with Crippen LogP contribution in [0.1, 0.15) is 23.1 Å². The molecule has 0 fully saturated rings. The van der Waals surface area contributed by atoms with Crippen LogP contribution < -0.4 is 0 Å². The maximum atomic E-state index is 10.7. The van der Waals surface area contributed by atoms with Crippen molar-refractivity contribution in [2.24, 2.45) is 0 Å². The summed E-state index contributed by atoms with van der Waals surface area (Å²) < 4.78 is 0. The average Bonchev–Trinajstić information content (AvgIpc) is 2.70. The third kappa shape index (κ3) is 2.76. The lowest BCUT2D eigenvalue weighted by molar-refractivity contribution is -0.136. The first-order valence-corrected chi connectivity index (χ1v) is 6.69. The van der Waals surface area contributed by atoms with E-state index >= 15 is 0 Å². The normalized spacial score (nSPS) is 10.6. The van der Waals surface area contributed by atoms with Gasteiger partial charge in [-0.2, -0.15) is 0 Å². The summed E-state index contributed by atoms with van der Waals surface area (Å²) in [6.45, 7) is 4.04. The summed E-state index contributed by atoms with van der Waals surface area (Å²) in [5, 5.41) is 9.70. The number of carboxylic acid groups (broad SMARTS) is 1. The van der Waals surface area contributed by atoms with Crippen LogP contribution in [0.5, 0.6) is 0 Å². The molecule has 0 saturated carbocycles. The number of rotatable bonds is 4. The SMILES string of the molecule is CCc1ccc(-c2nc(CC(=O)O)c(C)s2)cc1. The molecule has 0 aliphatic carbocycles. The molecule has 0 atom stereocenters. The van der Waals surface area contributed by atoms with E-state index in [0.29, 0.717) is 5.69 Å². The topological polar surface area (TPSA) is 50.2 Å². The summed E-state index contributed by atoms with van der Waals surface area (Å²) in [6, 6.07) is 8.26. The fourth-order valence-electron chi connectivity index (χ4n) is 1.74. The number of aryl methyl sites for hydroxylation is 2. The van der Waals surface area contributed by atoms with Crippen molar-refractivity contribution in [2.75, 3.05) is 0 Å². The van der Waals surface area contributed by atoms with E-state index < -0.39 is 5.97 Å². The van der Waals surface area contributed by atoms with Crippen LogP contribution in [0.15, 0.2) is 24.3 Å². The highest BCUT2D eigenvalue weighted by molar-refractivity contribution is 7.15. The summed E-state index contributed by atoms with van der Waals surface area (Å²) in [5.74, 6) is -0.837. The molecule has 1 heterocycles. The second-order valence-corrected chi connectivity index (χ2v) is 5.35. The molecule has 2 aromatic rings. The van der Waals surface area contributed by atoms with Crippen molar-refractivity contribution in [3.63, 3.8) is 0 Å². The number of aromatic nitrogens is 1. The van der Waals surface area contributed by atoms with E-state index in [1.807, 2.05) is 19.1 Å². The second kappa shape index (κ2) is 5.31. The monoisotopic (exact) mass is 261 g/mol. The molecular formula is C14H15NO2S. The number of hydrogen-bond acceptors (Lipinski definition) is 3. The Kier molecular flexibility index (Phi) is 3.77. The summed E-state index contributed by atoms with van der Waals surface area (Å²) >= 11 is 1.55. The molecule has 94 valence electrons. The standard InChI is InChI=1S/C14H15NO2S/c1-3-10-4-6-11(7-5-10)14-15-12(8-13(16)17)9(2)18-14/h4-7H,3,8H2,1-2H3,(H,16,17). The van der Waals surface area contributed by atoms with Crippen LogP contribution in [-0.4, -0.2) is 16.1 Å². The highest BCUT2D eigenvalue weighted by Crippen LogP contribution is 2.28. The molecule has 3 nitrogen and oxygen atoms in total. The Hall–Kier alpha value is -1.68. The molecule has 0 saturated heterocycles. The summed E-state index contributed by atoms with van der Waals surface area (Å²) in [7, 11) is 0. The lowest BCUT2D eigenvalue weighted by Crippen LogP contribution is -2.01. The van der Waals surface area contributed by atoms with Crippen LogP contribution in [0.25, 0.3) is 10.6 Å². The smallest absolute Gasteiger partial charge is 0.309 e. The van der Waals surface area contributed by atoms with E-state index in [4.69, 9.17) is 5.11 Å². The fourth-order valence-corrected chi connectivity index (χ4v) is 2.68. The van der Waals surface area contributed by atoms with E-state index in [2.05, 4.69) is 24.0 Å². The number of nitrogens with zero attached hydrogens (tertiary/aromatic N) is 1. The van der Waals surface area contributed by atoms with Crippen LogP contribution in [0, 0.1) is 6.92 Å². The molecule has 18 heavy (non-hydrogen) atoms. The van der Waals surface area contributed by atoms with Gasteiger partial charge in [0.1, 0.15) is 5.01 Å². The van der Waals surface area contributed by atoms with E-state index in [0.717, 1.165) is 21.9 Å². The van der Waals surface area contributed by atoms with Crippen molar-refractivity contribution in [1.82, 2.24) is 4.98 Å². The molecule has 4 heteroatoms. The van der Waals surface area contributed by atoms with E-state index in [1.54, 1.807) is 11.3 Å². The van der Waals surface area contributed by atoms with Crippen molar-refractivity contribution in [3.05, 3.63) is 40.4 Å². The number of benzene rings is 1. The maximum Gasteiger partial charge on any atom is 0.309 e. The zero-order chi connectivity index (χ0) is 13.1. The van der Waals surface area contributed by atoms with Crippen LogP contribution in [0.3, 0.4) is 0 Å². The third-order valence-electron chi connectivity index (χ3n) is 2.82. The van der Waals surface area contributed by atoms with Gasteiger partial charge in [0.05, 0.1) is 12.1 Å². The van der Waals surface area contributed by atoms with Crippen molar-refractivity contribution < 1.29 is 9.90 Å². The van der Waals surface area contributed by atoms with Gasteiger partial charge in [0, 0.05) is 10.4 Å². The molecule has 0 radical (unpaired) electrons. The first-order chi connectivity index (χ1) is 8.60. The Morgan fingerprint density at radius 1 is 1.33 bits per heavy atom. The second-order valence-electron chi connectivity index (χ2n) is 4.14. The van der Waals surface area contributed by atoms with Gasteiger partial charge < -0.3 is 5.11 Å². The highest BCUT2D eigenvalue weighted by atomic mass is 32.1. The van der Waals surface area contributed by atoms with Crippen LogP contribution in [0.2, 0.25) is 0 Å². The number of aliphatic carboxylic acids is 1. The van der Waals surface area contributed by atoms with Gasteiger partial charge in [0.15, 0.2) is 0 Å². The minimum absolute atomic E-state index is 0.00459. The van der Waals surface area contributed by atoms with Gasteiger partial charge in [-0.1, -0.05) is 31.2 Å². The summed E-state index contributed by atoms with van der Waals surface area (Å²) in [5.41, 5.74) is 3.01. The third-order valence-corrected chi connectivity index (χ3v) is 3.88. The Bertz CT molecular complexity index is 558. The largest absolute Gasteiger partial charge is 0.481 e. The quantitative estimate of drug-likeness (QED) is 0.918. The Labute approximate surface area is 110 Å². The zero-order valence-corrected chi connectivity index (χ0v) is 11.3. The van der Waals surface area contributed by atoms with Crippen molar-refractivity contribution in [3.8, 4) is 10.6 Å². The molecule has 1 aromatic heterocycles. The zero-order valence-electron chi connectivity index (χ0n) is 10.4. The Morgan fingerprint density at radius 3 is 2.56 bits per heavy atom. The van der Waals surface area contributed by atoms with Gasteiger partial charge >= 0.3 is 5.97 Å². The lowest BCUT2D eigenvalue weighted by atomic mass is 10.1. The van der Waals surface area contributed by atoms with Gasteiger partial charge in [0.25, 0.3) is 0 Å². The average molecular weight is 261 g/mol. The molecule has 1 N–H and O–H groups in total. The minimum atomic E-state index is -0.837. The maximum absolute atomic E-state index is 10.7. The fraction of sp³-hybridized carbons (Fsp3) is 0.286.